The molecule has 0 amide bonds. The van der Waals surface area contributed by atoms with Gasteiger partial charge in [-0.3, -0.25) is 9.20 Å². The van der Waals surface area contributed by atoms with Gasteiger partial charge in [0.1, 0.15) is 12.0 Å². The van der Waals surface area contributed by atoms with Gasteiger partial charge in [-0.25, -0.2) is 9.97 Å². The van der Waals surface area contributed by atoms with Gasteiger partial charge in [0.15, 0.2) is 5.65 Å². The summed E-state index contributed by atoms with van der Waals surface area (Å²) in [4.78, 5) is 20.3. The maximum Gasteiger partial charge on any atom is 0.211 e. The second kappa shape index (κ2) is 3.83. The Morgan fingerprint density at radius 2 is 1.94 bits per heavy atom. The summed E-state index contributed by atoms with van der Waals surface area (Å²) in [6.07, 6.45) is 5.06. The number of hydrogen-bond donors (Lipinski definition) is 0. The molecule has 0 spiro atoms. The Balaban J connectivity index is 2.06. The monoisotopic (exact) mass is 223 g/mol. The van der Waals surface area contributed by atoms with E-state index in [1.807, 2.05) is 18.2 Å². The van der Waals surface area contributed by atoms with Gasteiger partial charge in [-0.2, -0.15) is 0 Å². The molecule has 3 rings (SSSR count). The van der Waals surface area contributed by atoms with E-state index in [-0.39, 0.29) is 5.78 Å². The molecule has 4 heteroatoms. The molecule has 0 N–H and O–H groups in total. The van der Waals surface area contributed by atoms with Crippen LogP contribution in [-0.2, 0) is 0 Å². The van der Waals surface area contributed by atoms with E-state index in [1.165, 1.54) is 0 Å². The first kappa shape index (κ1) is 9.72. The van der Waals surface area contributed by atoms with Crippen LogP contribution in [0.2, 0.25) is 0 Å². The number of ketones is 1. The third kappa shape index (κ3) is 1.69. The number of carbonyl (C=O) groups is 1. The molecule has 17 heavy (non-hydrogen) atoms. The predicted octanol–water partition coefficient (Wildman–Crippen LogP) is 1.96. The molecule has 82 valence electrons. The van der Waals surface area contributed by atoms with E-state index in [0.717, 1.165) is 0 Å². The van der Waals surface area contributed by atoms with Crippen LogP contribution >= 0.6 is 0 Å². The van der Waals surface area contributed by atoms with Crippen LogP contribution in [0.4, 0.5) is 0 Å². The zero-order valence-electron chi connectivity index (χ0n) is 8.95. The van der Waals surface area contributed by atoms with Crippen LogP contribution in [0.1, 0.15) is 16.1 Å². The van der Waals surface area contributed by atoms with Crippen LogP contribution in [-0.4, -0.2) is 20.2 Å². The van der Waals surface area contributed by atoms with Gasteiger partial charge in [0.2, 0.25) is 5.78 Å². The molecule has 0 radical (unpaired) electrons. The fraction of sp³-hybridized carbons (Fsp3) is 0. The number of nitrogens with zero attached hydrogens (tertiary/aromatic N) is 3. The number of carbonyl (C=O) groups excluding carboxylic acids is 1. The first-order valence-electron chi connectivity index (χ1n) is 5.23. The molecule has 1 aromatic carbocycles. The van der Waals surface area contributed by atoms with E-state index in [9.17, 15) is 4.79 Å². The van der Waals surface area contributed by atoms with Gasteiger partial charge in [0.05, 0.1) is 6.20 Å². The van der Waals surface area contributed by atoms with Crippen molar-refractivity contribution in [2.75, 3.05) is 0 Å². The normalized spacial score (nSPS) is 10.6. The first-order valence-corrected chi connectivity index (χ1v) is 5.23. The Morgan fingerprint density at radius 1 is 1.12 bits per heavy atom. The van der Waals surface area contributed by atoms with Crippen molar-refractivity contribution in [3.8, 4) is 0 Å². The van der Waals surface area contributed by atoms with E-state index in [0.29, 0.717) is 16.9 Å². The van der Waals surface area contributed by atoms with Gasteiger partial charge < -0.3 is 0 Å². The molecule has 2 aromatic heterocycles. The van der Waals surface area contributed by atoms with Crippen molar-refractivity contribution < 1.29 is 4.79 Å². The van der Waals surface area contributed by atoms with Gasteiger partial charge in [0.25, 0.3) is 0 Å². The minimum absolute atomic E-state index is 0.0747. The summed E-state index contributed by atoms with van der Waals surface area (Å²) in [5, 5.41) is 0. The molecular formula is C13H9N3O. The van der Waals surface area contributed by atoms with Crippen molar-refractivity contribution in [1.29, 1.82) is 0 Å². The standard InChI is InChI=1S/C13H9N3O/c17-13(10-4-2-1-3-5-10)11-6-7-16-9-14-8-12(16)15-11/h1-9H. The van der Waals surface area contributed by atoms with E-state index in [4.69, 9.17) is 0 Å². The van der Waals surface area contributed by atoms with E-state index in [1.54, 1.807) is 41.3 Å². The van der Waals surface area contributed by atoms with E-state index in [2.05, 4.69) is 9.97 Å². The zero-order valence-corrected chi connectivity index (χ0v) is 8.95. The SMILES string of the molecule is O=C(c1ccccc1)c1ccn2cncc2n1. The fourth-order valence-electron chi connectivity index (χ4n) is 1.67. The largest absolute Gasteiger partial charge is 0.291 e. The van der Waals surface area contributed by atoms with Gasteiger partial charge in [-0.05, 0) is 6.07 Å². The first-order chi connectivity index (χ1) is 8.34. The molecule has 3 aromatic rings. The number of imidazole rings is 1. The van der Waals surface area contributed by atoms with Crippen molar-refractivity contribution in [3.63, 3.8) is 0 Å². The molecule has 4 nitrogen and oxygen atoms in total. The summed E-state index contributed by atoms with van der Waals surface area (Å²) >= 11 is 0. The Kier molecular flexibility index (Phi) is 2.19. The highest BCUT2D eigenvalue weighted by atomic mass is 16.1. The van der Waals surface area contributed by atoms with Gasteiger partial charge in [-0.15, -0.1) is 0 Å². The highest BCUT2D eigenvalue weighted by molar-refractivity contribution is 6.07. The maximum absolute atomic E-state index is 12.1. The second-order valence-electron chi connectivity index (χ2n) is 3.67. The highest BCUT2D eigenvalue weighted by Gasteiger charge is 2.10. The smallest absolute Gasteiger partial charge is 0.211 e. The molecule has 2 heterocycles. The topological polar surface area (TPSA) is 47.3 Å². The Morgan fingerprint density at radius 3 is 2.76 bits per heavy atom. The molecule has 0 unspecified atom stereocenters. The van der Waals surface area contributed by atoms with Crippen LogP contribution in [0.15, 0.2) is 55.1 Å². The lowest BCUT2D eigenvalue weighted by Crippen LogP contribution is -2.04. The summed E-state index contributed by atoms with van der Waals surface area (Å²) in [6, 6.07) is 10.8. The van der Waals surface area contributed by atoms with Crippen LogP contribution in [0, 0.1) is 0 Å². The average Bonchev–Trinajstić information content (AvgIpc) is 2.86. The van der Waals surface area contributed by atoms with Crippen LogP contribution in [0.5, 0.6) is 0 Å². The van der Waals surface area contributed by atoms with Crippen molar-refractivity contribution in [1.82, 2.24) is 14.4 Å². The number of benzene rings is 1. The van der Waals surface area contributed by atoms with Gasteiger partial charge >= 0.3 is 0 Å². The Hall–Kier alpha value is -2.49. The number of fused-ring (bicyclic) bond motifs is 1. The highest BCUT2D eigenvalue weighted by Crippen LogP contribution is 2.08. The van der Waals surface area contributed by atoms with Crippen molar-refractivity contribution in [3.05, 3.63) is 66.4 Å². The molecule has 0 fully saturated rings. The van der Waals surface area contributed by atoms with Crippen LogP contribution in [0.25, 0.3) is 5.65 Å². The Bertz CT molecular complexity index is 673. The van der Waals surface area contributed by atoms with Crippen LogP contribution < -0.4 is 0 Å². The minimum Gasteiger partial charge on any atom is -0.291 e. The molecule has 0 aliphatic rings. The summed E-state index contributed by atoms with van der Waals surface area (Å²) in [6.45, 7) is 0. The fourth-order valence-corrected chi connectivity index (χ4v) is 1.67. The summed E-state index contributed by atoms with van der Waals surface area (Å²) in [5.41, 5.74) is 1.75. The van der Waals surface area contributed by atoms with Gasteiger partial charge in [-0.1, -0.05) is 30.3 Å². The van der Waals surface area contributed by atoms with Crippen molar-refractivity contribution in [2.24, 2.45) is 0 Å². The summed E-state index contributed by atoms with van der Waals surface area (Å²) in [7, 11) is 0. The molecule has 0 aliphatic carbocycles. The quantitative estimate of drug-likeness (QED) is 0.624. The lowest BCUT2D eigenvalue weighted by Gasteiger charge is -2.00. The number of hydrogen-bond acceptors (Lipinski definition) is 3. The van der Waals surface area contributed by atoms with E-state index < -0.39 is 0 Å². The predicted molar refractivity (Wildman–Crippen MR) is 62.9 cm³/mol. The third-order valence-electron chi connectivity index (χ3n) is 2.54. The second-order valence-corrected chi connectivity index (χ2v) is 3.67. The lowest BCUT2D eigenvalue weighted by atomic mass is 10.1. The number of aromatic nitrogens is 3. The molecule has 0 atom stereocenters. The molecule has 0 saturated heterocycles. The van der Waals surface area contributed by atoms with Crippen LogP contribution in [0.3, 0.4) is 0 Å². The van der Waals surface area contributed by atoms with E-state index >= 15 is 0 Å². The average molecular weight is 223 g/mol. The Labute approximate surface area is 97.6 Å². The summed E-state index contributed by atoms with van der Waals surface area (Å²) < 4.78 is 1.77. The maximum atomic E-state index is 12.1. The minimum atomic E-state index is -0.0747. The molecular weight excluding hydrogens is 214 g/mol. The molecule has 0 bridgehead atoms. The van der Waals surface area contributed by atoms with Crippen molar-refractivity contribution in [2.45, 2.75) is 0 Å². The molecule has 0 saturated carbocycles. The van der Waals surface area contributed by atoms with Gasteiger partial charge in [0, 0.05) is 11.8 Å². The van der Waals surface area contributed by atoms with Crippen molar-refractivity contribution >= 4 is 11.4 Å². The molecule has 0 aliphatic heterocycles. The lowest BCUT2D eigenvalue weighted by molar-refractivity contribution is 0.103. The summed E-state index contributed by atoms with van der Waals surface area (Å²) in [5.74, 6) is -0.0747. The third-order valence-corrected chi connectivity index (χ3v) is 2.54. The number of rotatable bonds is 2. The zero-order chi connectivity index (χ0) is 11.7.